The lowest BCUT2D eigenvalue weighted by molar-refractivity contribution is 0.187. The summed E-state index contributed by atoms with van der Waals surface area (Å²) in [5.41, 5.74) is 8.46. The van der Waals surface area contributed by atoms with Crippen molar-refractivity contribution in [1.82, 2.24) is 4.90 Å². The number of benzene rings is 1. The van der Waals surface area contributed by atoms with E-state index in [1.54, 1.807) is 0 Å². The van der Waals surface area contributed by atoms with Crippen LogP contribution in [0.5, 0.6) is 0 Å². The van der Waals surface area contributed by atoms with Crippen LogP contribution in [0, 0.1) is 0 Å². The lowest BCUT2D eigenvalue weighted by atomic mass is 10.1. The average molecular weight is 352 g/mol. The van der Waals surface area contributed by atoms with Crippen LogP contribution in [-0.2, 0) is 0 Å². The highest BCUT2D eigenvalue weighted by molar-refractivity contribution is 9.10. The molecule has 1 aromatic carbocycles. The Bertz CT molecular complexity index is 475. The molecule has 0 aromatic heterocycles. The number of hydrogen-bond acceptors (Lipinski definition) is 3. The molecule has 1 heterocycles. The molecule has 2 fully saturated rings. The smallest absolute Gasteiger partial charge is 0.0511 e. The minimum Gasteiger partial charge on any atom is -0.368 e. The maximum absolute atomic E-state index is 5.96. The van der Waals surface area contributed by atoms with Crippen molar-refractivity contribution in [3.8, 4) is 0 Å². The van der Waals surface area contributed by atoms with Gasteiger partial charge in [-0.1, -0.05) is 18.9 Å². The molecular formula is C17H26BrN3. The Morgan fingerprint density at radius 3 is 2.38 bits per heavy atom. The predicted octanol–water partition coefficient (Wildman–Crippen LogP) is 3.53. The summed E-state index contributed by atoms with van der Waals surface area (Å²) in [5.74, 6) is 0. The minimum absolute atomic E-state index is 0.0922. The van der Waals surface area contributed by atoms with Gasteiger partial charge in [0, 0.05) is 42.7 Å². The summed E-state index contributed by atoms with van der Waals surface area (Å²) < 4.78 is 1.17. The molecule has 0 spiro atoms. The summed E-state index contributed by atoms with van der Waals surface area (Å²) in [4.78, 5) is 5.20. The normalized spacial score (nSPS) is 22.7. The molecule has 0 amide bonds. The van der Waals surface area contributed by atoms with Crippen LogP contribution in [0.25, 0.3) is 0 Å². The van der Waals surface area contributed by atoms with E-state index in [9.17, 15) is 0 Å². The van der Waals surface area contributed by atoms with Crippen LogP contribution >= 0.6 is 15.9 Å². The Morgan fingerprint density at radius 2 is 1.81 bits per heavy atom. The first-order chi connectivity index (χ1) is 10.1. The first-order valence-corrected chi connectivity index (χ1v) is 8.98. The number of halogens is 1. The third kappa shape index (κ3) is 3.43. The Kier molecular flexibility index (Phi) is 4.87. The highest BCUT2D eigenvalue weighted by Crippen LogP contribution is 2.31. The number of nitrogens with zero attached hydrogens (tertiary/aromatic N) is 2. The van der Waals surface area contributed by atoms with E-state index in [1.807, 2.05) is 6.92 Å². The van der Waals surface area contributed by atoms with Crippen molar-refractivity contribution in [3.63, 3.8) is 0 Å². The van der Waals surface area contributed by atoms with Crippen LogP contribution in [-0.4, -0.2) is 37.1 Å². The fourth-order valence-corrected chi connectivity index (χ4v) is 4.31. The molecular weight excluding hydrogens is 326 g/mol. The summed E-state index contributed by atoms with van der Waals surface area (Å²) in [7, 11) is 0. The van der Waals surface area contributed by atoms with Gasteiger partial charge in [0.1, 0.15) is 0 Å². The van der Waals surface area contributed by atoms with Gasteiger partial charge in [-0.25, -0.2) is 0 Å². The third-order valence-electron chi connectivity index (χ3n) is 4.99. The van der Waals surface area contributed by atoms with Crippen molar-refractivity contribution in [2.45, 2.75) is 44.7 Å². The molecule has 1 aromatic rings. The van der Waals surface area contributed by atoms with Crippen molar-refractivity contribution in [1.29, 1.82) is 0 Å². The lowest BCUT2D eigenvalue weighted by Gasteiger charge is -2.39. The van der Waals surface area contributed by atoms with Gasteiger partial charge in [-0.05, 0) is 53.4 Å². The summed E-state index contributed by atoms with van der Waals surface area (Å²) in [6.45, 7) is 6.69. The predicted molar refractivity (Wildman–Crippen MR) is 92.8 cm³/mol. The van der Waals surface area contributed by atoms with Crippen molar-refractivity contribution in [2.24, 2.45) is 5.73 Å². The van der Waals surface area contributed by atoms with Crippen molar-refractivity contribution >= 4 is 21.6 Å². The molecule has 1 aliphatic carbocycles. The Hall–Kier alpha value is -0.580. The minimum atomic E-state index is 0.0922. The summed E-state index contributed by atoms with van der Waals surface area (Å²) >= 11 is 3.72. The van der Waals surface area contributed by atoms with Gasteiger partial charge in [0.15, 0.2) is 0 Å². The maximum atomic E-state index is 5.96. The molecule has 21 heavy (non-hydrogen) atoms. The molecule has 3 rings (SSSR count). The summed E-state index contributed by atoms with van der Waals surface area (Å²) in [5, 5.41) is 0. The molecule has 116 valence electrons. The molecule has 4 heteroatoms. The maximum Gasteiger partial charge on any atom is 0.0511 e. The Labute approximate surface area is 136 Å². The van der Waals surface area contributed by atoms with E-state index in [2.05, 4.69) is 43.9 Å². The summed E-state index contributed by atoms with van der Waals surface area (Å²) in [6.07, 6.45) is 5.67. The monoisotopic (exact) mass is 351 g/mol. The quantitative estimate of drug-likeness (QED) is 0.903. The zero-order valence-electron chi connectivity index (χ0n) is 12.9. The van der Waals surface area contributed by atoms with Crippen molar-refractivity contribution in [3.05, 3.63) is 28.2 Å². The highest BCUT2D eigenvalue weighted by Gasteiger charge is 2.26. The molecule has 2 aliphatic rings. The SMILES string of the molecule is CC(N)c1ccc(N2CCN(C3CCCC3)CC2)c(Br)c1. The molecule has 2 N–H and O–H groups in total. The molecule has 0 bridgehead atoms. The Morgan fingerprint density at radius 1 is 1.14 bits per heavy atom. The topological polar surface area (TPSA) is 32.5 Å². The zero-order valence-corrected chi connectivity index (χ0v) is 14.5. The molecule has 1 aliphatic heterocycles. The molecule has 1 atom stereocenters. The fourth-order valence-electron chi connectivity index (χ4n) is 3.66. The number of nitrogens with two attached hydrogens (primary N) is 1. The zero-order chi connectivity index (χ0) is 14.8. The second-order valence-electron chi connectivity index (χ2n) is 6.46. The van der Waals surface area contributed by atoms with Gasteiger partial charge < -0.3 is 10.6 Å². The van der Waals surface area contributed by atoms with Gasteiger partial charge in [0.05, 0.1) is 5.69 Å². The number of rotatable bonds is 3. The largest absolute Gasteiger partial charge is 0.368 e. The molecule has 1 saturated carbocycles. The third-order valence-corrected chi connectivity index (χ3v) is 5.63. The van der Waals surface area contributed by atoms with E-state index in [0.717, 1.165) is 19.1 Å². The standard InChI is InChI=1S/C17H26BrN3/c1-13(19)14-6-7-17(16(18)12-14)21-10-8-20(9-11-21)15-4-2-3-5-15/h6-7,12-13,15H,2-5,8-11,19H2,1H3. The Balaban J connectivity index is 1.63. The lowest BCUT2D eigenvalue weighted by Crippen LogP contribution is -2.49. The number of piperazine rings is 1. The first-order valence-electron chi connectivity index (χ1n) is 8.19. The van der Waals surface area contributed by atoms with Crippen LogP contribution < -0.4 is 10.6 Å². The molecule has 3 nitrogen and oxygen atoms in total. The van der Waals surface area contributed by atoms with Crippen LogP contribution in [0.4, 0.5) is 5.69 Å². The van der Waals surface area contributed by atoms with E-state index in [0.29, 0.717) is 0 Å². The van der Waals surface area contributed by atoms with E-state index >= 15 is 0 Å². The van der Waals surface area contributed by atoms with Gasteiger partial charge in [-0.2, -0.15) is 0 Å². The highest BCUT2D eigenvalue weighted by atomic mass is 79.9. The average Bonchev–Trinajstić information content (AvgIpc) is 3.01. The van der Waals surface area contributed by atoms with Crippen LogP contribution in [0.1, 0.15) is 44.2 Å². The van der Waals surface area contributed by atoms with Gasteiger partial charge in [0.25, 0.3) is 0 Å². The van der Waals surface area contributed by atoms with Crippen molar-refractivity contribution in [2.75, 3.05) is 31.1 Å². The molecule has 0 radical (unpaired) electrons. The second kappa shape index (κ2) is 6.67. The number of hydrogen-bond donors (Lipinski definition) is 1. The molecule has 1 unspecified atom stereocenters. The summed E-state index contributed by atoms with van der Waals surface area (Å²) in [6, 6.07) is 7.50. The van der Waals surface area contributed by atoms with Crippen molar-refractivity contribution < 1.29 is 0 Å². The van der Waals surface area contributed by atoms with E-state index in [-0.39, 0.29) is 6.04 Å². The van der Waals surface area contributed by atoms with Gasteiger partial charge >= 0.3 is 0 Å². The fraction of sp³-hybridized carbons (Fsp3) is 0.647. The van der Waals surface area contributed by atoms with Gasteiger partial charge in [-0.3, -0.25) is 4.90 Å². The van der Waals surface area contributed by atoms with Crippen LogP contribution in [0.15, 0.2) is 22.7 Å². The van der Waals surface area contributed by atoms with Gasteiger partial charge in [-0.15, -0.1) is 0 Å². The number of anilines is 1. The van der Waals surface area contributed by atoms with Crippen LogP contribution in [0.3, 0.4) is 0 Å². The van der Waals surface area contributed by atoms with E-state index < -0.39 is 0 Å². The second-order valence-corrected chi connectivity index (χ2v) is 7.32. The first kappa shape index (κ1) is 15.3. The molecule has 1 saturated heterocycles. The van der Waals surface area contributed by atoms with Gasteiger partial charge in [0.2, 0.25) is 0 Å². The van der Waals surface area contributed by atoms with E-state index in [1.165, 1.54) is 54.5 Å². The van der Waals surface area contributed by atoms with Crippen LogP contribution in [0.2, 0.25) is 0 Å². The van der Waals surface area contributed by atoms with E-state index in [4.69, 9.17) is 5.73 Å².